The van der Waals surface area contributed by atoms with Crippen LogP contribution < -0.4 is 4.57 Å². The summed E-state index contributed by atoms with van der Waals surface area (Å²) < 4.78 is 6.98. The molecule has 0 aromatic carbocycles. The minimum Gasteiger partial charge on any atom is -0.378 e. The summed E-state index contributed by atoms with van der Waals surface area (Å²) in [6.45, 7) is 2.59. The molecule has 60 valence electrons. The molecule has 0 unspecified atom stereocenters. The lowest BCUT2D eigenvalue weighted by atomic mass is 10.4. The quantitative estimate of drug-likeness (QED) is 0.573. The van der Waals surface area contributed by atoms with E-state index in [1.165, 1.54) is 0 Å². The summed E-state index contributed by atoms with van der Waals surface area (Å²) in [7, 11) is 3.66. The Hall–Kier alpha value is -0.960. The number of ether oxygens (including phenoxy) is 1. The number of aromatic nitrogens is 2. The monoisotopic (exact) mass is 153 g/mol. The summed E-state index contributed by atoms with van der Waals surface area (Å²) in [5.41, 5.74) is 2.10. The van der Waals surface area contributed by atoms with Crippen molar-refractivity contribution in [2.24, 2.45) is 7.05 Å². The predicted molar refractivity (Wildman–Crippen MR) is 40.9 cm³/mol. The average molecular weight is 153 g/mol. The molecule has 11 heavy (non-hydrogen) atoms. The summed E-state index contributed by atoms with van der Waals surface area (Å²) in [6, 6.07) is 0. The van der Waals surface area contributed by atoms with Gasteiger partial charge < -0.3 is 4.74 Å². The van der Waals surface area contributed by atoms with Crippen molar-refractivity contribution in [3.8, 4) is 0 Å². The van der Waals surface area contributed by atoms with Gasteiger partial charge in [-0.3, -0.25) is 0 Å². The molecule has 0 bridgehead atoms. The molecule has 0 atom stereocenters. The molecule has 0 fully saturated rings. The van der Waals surface area contributed by atoms with Gasteiger partial charge in [-0.05, 0) is 0 Å². The largest absolute Gasteiger partial charge is 0.378 e. The molecule has 0 aliphatic rings. The van der Waals surface area contributed by atoms with Crippen LogP contribution in [0.5, 0.6) is 0 Å². The van der Waals surface area contributed by atoms with E-state index in [2.05, 4.69) is 4.98 Å². The van der Waals surface area contributed by atoms with Gasteiger partial charge in [0.15, 0.2) is 11.9 Å². The van der Waals surface area contributed by atoms with Gasteiger partial charge in [0.2, 0.25) is 0 Å². The van der Waals surface area contributed by atoms with Crippen molar-refractivity contribution in [1.29, 1.82) is 0 Å². The van der Waals surface area contributed by atoms with Crippen molar-refractivity contribution < 1.29 is 9.30 Å². The molecular weight excluding hydrogens is 140 g/mol. The molecule has 0 aliphatic carbocycles. The molecular formula is C8H13N2O+. The van der Waals surface area contributed by atoms with Crippen molar-refractivity contribution in [2.75, 3.05) is 7.11 Å². The summed E-state index contributed by atoms with van der Waals surface area (Å²) in [5.74, 6) is 0. The molecule has 0 saturated carbocycles. The molecule has 1 aromatic heterocycles. The second kappa shape index (κ2) is 3.44. The molecule has 0 amide bonds. The predicted octanol–water partition coefficient (Wildman–Crippen LogP) is 0.361. The molecule has 1 aromatic rings. The van der Waals surface area contributed by atoms with Crippen LogP contribution in [0.1, 0.15) is 11.4 Å². The van der Waals surface area contributed by atoms with Gasteiger partial charge in [-0.2, -0.15) is 0 Å². The van der Waals surface area contributed by atoms with Crippen LogP contribution in [0.2, 0.25) is 0 Å². The number of nitrogens with zero attached hydrogens (tertiary/aromatic N) is 2. The van der Waals surface area contributed by atoms with E-state index in [-0.39, 0.29) is 0 Å². The summed E-state index contributed by atoms with van der Waals surface area (Å²) >= 11 is 0. The second-order valence-electron chi connectivity index (χ2n) is 2.56. The first-order chi connectivity index (χ1) is 5.24. The second-order valence-corrected chi connectivity index (χ2v) is 2.56. The molecule has 0 radical (unpaired) electrons. The van der Waals surface area contributed by atoms with Crippen molar-refractivity contribution in [3.05, 3.63) is 23.8 Å². The van der Waals surface area contributed by atoms with Gasteiger partial charge in [-0.15, -0.1) is 0 Å². The minimum atomic E-state index is 0.577. The number of methoxy groups -OCH3 is 1. The van der Waals surface area contributed by atoms with E-state index >= 15 is 0 Å². The zero-order valence-corrected chi connectivity index (χ0v) is 7.16. The fourth-order valence-electron chi connectivity index (χ4n) is 0.848. The highest BCUT2D eigenvalue weighted by molar-refractivity contribution is 4.92. The van der Waals surface area contributed by atoms with E-state index < -0.39 is 0 Å². The number of hydrogen-bond acceptors (Lipinski definition) is 2. The summed E-state index contributed by atoms with van der Waals surface area (Å²) in [5, 5.41) is 0. The highest BCUT2D eigenvalue weighted by Crippen LogP contribution is 1.92. The number of aryl methyl sites for hydroxylation is 2. The summed E-state index contributed by atoms with van der Waals surface area (Å²) in [4.78, 5) is 4.18. The molecule has 1 rings (SSSR count). The highest BCUT2D eigenvalue weighted by atomic mass is 16.5. The smallest absolute Gasteiger partial charge is 0.196 e. The van der Waals surface area contributed by atoms with Crippen LogP contribution in [0.15, 0.2) is 12.4 Å². The SMILES string of the molecule is COCc1c[n+](C)c(C)cn1. The topological polar surface area (TPSA) is 26.0 Å². The average Bonchev–Trinajstić information content (AvgIpc) is 1.98. The number of hydrogen-bond donors (Lipinski definition) is 0. The Morgan fingerprint density at radius 1 is 1.64 bits per heavy atom. The standard InChI is InChI=1S/C8H13N2O/c1-7-4-9-8(6-11-3)5-10(7)2/h4-5H,6H2,1-3H3/q+1. The van der Waals surface area contributed by atoms with Crippen molar-refractivity contribution in [2.45, 2.75) is 13.5 Å². The van der Waals surface area contributed by atoms with Crippen LogP contribution in [0, 0.1) is 6.92 Å². The van der Waals surface area contributed by atoms with E-state index in [0.29, 0.717) is 6.61 Å². The maximum atomic E-state index is 4.95. The van der Waals surface area contributed by atoms with E-state index in [1.807, 2.05) is 30.9 Å². The fraction of sp³-hybridized carbons (Fsp3) is 0.500. The summed E-state index contributed by atoms with van der Waals surface area (Å²) in [6.07, 6.45) is 3.81. The lowest BCUT2D eigenvalue weighted by Crippen LogP contribution is -2.32. The molecule has 0 spiro atoms. The Morgan fingerprint density at radius 2 is 2.36 bits per heavy atom. The lowest BCUT2D eigenvalue weighted by Gasteiger charge is -1.97. The third kappa shape index (κ3) is 1.98. The molecule has 1 heterocycles. The van der Waals surface area contributed by atoms with Crippen LogP contribution in [0.4, 0.5) is 0 Å². The van der Waals surface area contributed by atoms with Crippen LogP contribution in [0.3, 0.4) is 0 Å². The van der Waals surface area contributed by atoms with Crippen molar-refractivity contribution in [1.82, 2.24) is 4.98 Å². The third-order valence-electron chi connectivity index (χ3n) is 1.61. The maximum absolute atomic E-state index is 4.95. The van der Waals surface area contributed by atoms with Crippen LogP contribution in [-0.4, -0.2) is 12.1 Å². The molecule has 3 nitrogen and oxygen atoms in total. The van der Waals surface area contributed by atoms with Crippen LogP contribution in [-0.2, 0) is 18.4 Å². The normalized spacial score (nSPS) is 10.1. The Morgan fingerprint density at radius 3 is 2.91 bits per heavy atom. The Kier molecular flexibility index (Phi) is 2.54. The van der Waals surface area contributed by atoms with Gasteiger partial charge in [-0.1, -0.05) is 0 Å². The number of rotatable bonds is 2. The highest BCUT2D eigenvalue weighted by Gasteiger charge is 2.02. The lowest BCUT2D eigenvalue weighted by molar-refractivity contribution is -0.678. The molecule has 0 aliphatic heterocycles. The van der Waals surface area contributed by atoms with E-state index in [0.717, 1.165) is 11.4 Å². The van der Waals surface area contributed by atoms with Crippen LogP contribution in [0.25, 0.3) is 0 Å². The molecule has 0 saturated heterocycles. The van der Waals surface area contributed by atoms with Gasteiger partial charge >= 0.3 is 0 Å². The maximum Gasteiger partial charge on any atom is 0.196 e. The van der Waals surface area contributed by atoms with Crippen molar-refractivity contribution in [3.63, 3.8) is 0 Å². The van der Waals surface area contributed by atoms with Crippen LogP contribution >= 0.6 is 0 Å². The van der Waals surface area contributed by atoms with Gasteiger partial charge in [0.05, 0.1) is 12.8 Å². The Bertz CT molecular complexity index is 248. The first kappa shape index (κ1) is 8.14. The van der Waals surface area contributed by atoms with E-state index in [1.54, 1.807) is 7.11 Å². The van der Waals surface area contributed by atoms with Gasteiger partial charge in [0, 0.05) is 14.0 Å². The zero-order valence-electron chi connectivity index (χ0n) is 7.16. The Balaban J connectivity index is 2.86. The molecule has 3 heteroatoms. The minimum absolute atomic E-state index is 0.577. The van der Waals surface area contributed by atoms with Gasteiger partial charge in [-0.25, -0.2) is 9.55 Å². The molecule has 0 N–H and O–H groups in total. The van der Waals surface area contributed by atoms with E-state index in [9.17, 15) is 0 Å². The Labute approximate surface area is 66.7 Å². The van der Waals surface area contributed by atoms with Crippen molar-refractivity contribution >= 4 is 0 Å². The first-order valence-electron chi connectivity index (χ1n) is 3.54. The third-order valence-corrected chi connectivity index (χ3v) is 1.61. The van der Waals surface area contributed by atoms with E-state index in [4.69, 9.17) is 4.74 Å². The first-order valence-corrected chi connectivity index (χ1v) is 3.54. The van der Waals surface area contributed by atoms with Gasteiger partial charge in [0.1, 0.15) is 12.7 Å². The zero-order chi connectivity index (χ0) is 8.27. The fourth-order valence-corrected chi connectivity index (χ4v) is 0.848. The van der Waals surface area contributed by atoms with Gasteiger partial charge in [0.25, 0.3) is 0 Å².